The molecule has 0 aromatic rings. The van der Waals surface area contributed by atoms with Gasteiger partial charge in [-0.2, -0.15) is 5.10 Å². The highest BCUT2D eigenvalue weighted by molar-refractivity contribution is 5.79. The van der Waals surface area contributed by atoms with E-state index in [2.05, 4.69) is 25.0 Å². The Morgan fingerprint density at radius 3 is 2.91 bits per heavy atom. The van der Waals surface area contributed by atoms with Crippen LogP contribution in [0.5, 0.6) is 0 Å². The summed E-state index contributed by atoms with van der Waals surface area (Å²) >= 11 is 0. The minimum absolute atomic E-state index is 0.660. The van der Waals surface area contributed by atoms with Gasteiger partial charge in [0, 0.05) is 7.05 Å². The normalized spacial score (nSPS) is 19.9. The third-order valence-electron chi connectivity index (χ3n) is 2.18. The van der Waals surface area contributed by atoms with E-state index in [4.69, 9.17) is 0 Å². The summed E-state index contributed by atoms with van der Waals surface area (Å²) in [5.74, 6) is 0.660. The minimum Gasteiger partial charge on any atom is -0.296 e. The van der Waals surface area contributed by atoms with E-state index in [1.54, 1.807) is 0 Å². The molecule has 0 saturated heterocycles. The topological polar surface area (TPSA) is 15.6 Å². The van der Waals surface area contributed by atoms with E-state index in [0.717, 1.165) is 6.54 Å². The summed E-state index contributed by atoms with van der Waals surface area (Å²) in [6.07, 6.45) is 5.42. The van der Waals surface area contributed by atoms with Crippen LogP contribution in [0.25, 0.3) is 0 Å². The number of allylic oxidation sites excluding steroid dienone is 1. The van der Waals surface area contributed by atoms with E-state index in [1.165, 1.54) is 12.0 Å². The fourth-order valence-corrected chi connectivity index (χ4v) is 1.07. The Kier molecular flexibility index (Phi) is 2.69. The van der Waals surface area contributed by atoms with Gasteiger partial charge < -0.3 is 0 Å². The maximum atomic E-state index is 4.22. The zero-order valence-corrected chi connectivity index (χ0v) is 7.54. The Labute approximate surface area is 68.6 Å². The highest BCUT2D eigenvalue weighted by Crippen LogP contribution is 2.14. The van der Waals surface area contributed by atoms with Gasteiger partial charge in [-0.3, -0.25) is 5.01 Å². The van der Waals surface area contributed by atoms with Crippen molar-refractivity contribution in [3.05, 3.63) is 11.6 Å². The second-order valence-electron chi connectivity index (χ2n) is 3.10. The van der Waals surface area contributed by atoms with Crippen molar-refractivity contribution in [2.24, 2.45) is 11.0 Å². The van der Waals surface area contributed by atoms with Crippen molar-refractivity contribution in [3.8, 4) is 0 Å². The minimum atomic E-state index is 0.660. The van der Waals surface area contributed by atoms with Gasteiger partial charge in [0.2, 0.25) is 0 Å². The Hall–Kier alpha value is -0.790. The predicted molar refractivity (Wildman–Crippen MR) is 48.7 cm³/mol. The van der Waals surface area contributed by atoms with E-state index in [0.29, 0.717) is 5.92 Å². The summed E-state index contributed by atoms with van der Waals surface area (Å²) < 4.78 is 0. The first-order valence-corrected chi connectivity index (χ1v) is 4.19. The molecule has 1 aliphatic rings. The molecule has 0 N–H and O–H groups in total. The van der Waals surface area contributed by atoms with Gasteiger partial charge in [-0.15, -0.1) is 0 Å². The van der Waals surface area contributed by atoms with Gasteiger partial charge >= 0.3 is 0 Å². The number of hydrogen-bond acceptors (Lipinski definition) is 2. The smallest absolute Gasteiger partial charge is 0.0544 e. The summed E-state index contributed by atoms with van der Waals surface area (Å²) in [5, 5.41) is 6.16. The molecule has 0 amide bonds. The van der Waals surface area contributed by atoms with Gasteiger partial charge in [0.25, 0.3) is 0 Å². The van der Waals surface area contributed by atoms with Gasteiger partial charge in [-0.25, -0.2) is 0 Å². The van der Waals surface area contributed by atoms with Crippen LogP contribution in [0.15, 0.2) is 16.8 Å². The maximum Gasteiger partial charge on any atom is 0.0544 e. The van der Waals surface area contributed by atoms with Gasteiger partial charge in [0.15, 0.2) is 0 Å². The molecule has 0 aliphatic carbocycles. The van der Waals surface area contributed by atoms with Crippen LogP contribution in [0, 0.1) is 5.92 Å². The lowest BCUT2D eigenvalue weighted by Gasteiger charge is -2.18. The average Bonchev–Trinajstić information content (AvgIpc) is 2.05. The molecule has 1 unspecified atom stereocenters. The molecule has 0 aromatic heterocycles. The fraction of sp³-hybridized carbons (Fsp3) is 0.667. The van der Waals surface area contributed by atoms with Crippen LogP contribution in [0.1, 0.15) is 20.3 Å². The molecular formula is C9H16N2. The van der Waals surface area contributed by atoms with Gasteiger partial charge in [-0.1, -0.05) is 19.9 Å². The molecule has 62 valence electrons. The Bertz CT molecular complexity index is 182. The molecule has 1 rings (SSSR count). The quantitative estimate of drug-likeness (QED) is 0.590. The second kappa shape index (κ2) is 3.56. The van der Waals surface area contributed by atoms with E-state index < -0.39 is 0 Å². The van der Waals surface area contributed by atoms with E-state index in [-0.39, 0.29) is 0 Å². The monoisotopic (exact) mass is 152 g/mol. The number of hydrazone groups is 1. The van der Waals surface area contributed by atoms with Crippen molar-refractivity contribution < 1.29 is 0 Å². The summed E-state index contributed by atoms with van der Waals surface area (Å²) in [6.45, 7) is 5.40. The van der Waals surface area contributed by atoms with Gasteiger partial charge in [-0.05, 0) is 17.9 Å². The predicted octanol–water partition coefficient (Wildman–Crippen LogP) is 1.89. The molecule has 1 atom stereocenters. The molecule has 0 spiro atoms. The van der Waals surface area contributed by atoms with Crippen LogP contribution in [0.3, 0.4) is 0 Å². The number of hydrogen-bond donors (Lipinski definition) is 0. The third-order valence-corrected chi connectivity index (χ3v) is 2.18. The van der Waals surface area contributed by atoms with Crippen LogP contribution >= 0.6 is 0 Å². The first-order chi connectivity index (χ1) is 5.24. The molecule has 0 radical (unpaired) electrons. The van der Waals surface area contributed by atoms with Crippen LogP contribution in [-0.4, -0.2) is 24.8 Å². The number of rotatable bonds is 2. The van der Waals surface area contributed by atoms with Crippen LogP contribution in [0.4, 0.5) is 0 Å². The van der Waals surface area contributed by atoms with Crippen molar-refractivity contribution in [3.63, 3.8) is 0 Å². The van der Waals surface area contributed by atoms with Crippen LogP contribution in [0.2, 0.25) is 0 Å². The summed E-state index contributed by atoms with van der Waals surface area (Å²) in [6, 6.07) is 0. The molecule has 2 heteroatoms. The highest BCUT2D eigenvalue weighted by Gasteiger charge is 2.07. The Morgan fingerprint density at radius 2 is 2.45 bits per heavy atom. The van der Waals surface area contributed by atoms with Crippen molar-refractivity contribution in [2.45, 2.75) is 20.3 Å². The van der Waals surface area contributed by atoms with Crippen molar-refractivity contribution in [1.29, 1.82) is 0 Å². The number of likely N-dealkylation sites (N-methyl/N-ethyl adjacent to an activating group) is 1. The lowest BCUT2D eigenvalue weighted by atomic mass is 9.99. The molecule has 2 nitrogen and oxygen atoms in total. The second-order valence-corrected chi connectivity index (χ2v) is 3.10. The molecule has 1 aliphatic heterocycles. The summed E-state index contributed by atoms with van der Waals surface area (Å²) in [7, 11) is 1.99. The molecule has 0 aromatic carbocycles. The first kappa shape index (κ1) is 8.31. The lowest BCUT2D eigenvalue weighted by Crippen LogP contribution is -2.17. The fourth-order valence-electron chi connectivity index (χ4n) is 1.07. The molecule has 0 bridgehead atoms. The van der Waals surface area contributed by atoms with Crippen molar-refractivity contribution in [1.82, 2.24) is 5.01 Å². The summed E-state index contributed by atoms with van der Waals surface area (Å²) in [4.78, 5) is 0. The lowest BCUT2D eigenvalue weighted by molar-refractivity contribution is 0.389. The van der Waals surface area contributed by atoms with E-state index in [9.17, 15) is 0 Å². The van der Waals surface area contributed by atoms with E-state index >= 15 is 0 Å². The molecular weight excluding hydrogens is 136 g/mol. The maximum absolute atomic E-state index is 4.22. The third kappa shape index (κ3) is 2.07. The highest BCUT2D eigenvalue weighted by atomic mass is 15.4. The Morgan fingerprint density at radius 1 is 1.73 bits per heavy atom. The van der Waals surface area contributed by atoms with Gasteiger partial charge in [0.05, 0.1) is 12.8 Å². The average molecular weight is 152 g/mol. The summed E-state index contributed by atoms with van der Waals surface area (Å²) in [5.41, 5.74) is 1.38. The van der Waals surface area contributed by atoms with Crippen molar-refractivity contribution >= 4 is 6.21 Å². The largest absolute Gasteiger partial charge is 0.296 e. The molecule has 1 heterocycles. The van der Waals surface area contributed by atoms with Crippen LogP contribution < -0.4 is 0 Å². The molecule has 11 heavy (non-hydrogen) atoms. The zero-order valence-electron chi connectivity index (χ0n) is 7.54. The molecule has 0 fully saturated rings. The first-order valence-electron chi connectivity index (χ1n) is 4.19. The Balaban J connectivity index is 2.55. The molecule has 0 saturated carbocycles. The zero-order chi connectivity index (χ0) is 8.27. The SMILES string of the molecule is CCC(C)C1=CCN(C)N=C1. The van der Waals surface area contributed by atoms with E-state index in [1.807, 2.05) is 18.3 Å². The van der Waals surface area contributed by atoms with Crippen LogP contribution in [-0.2, 0) is 0 Å². The van der Waals surface area contributed by atoms with Gasteiger partial charge in [0.1, 0.15) is 0 Å². The van der Waals surface area contributed by atoms with Crippen molar-refractivity contribution in [2.75, 3.05) is 13.6 Å². The standard InChI is InChI=1S/C9H16N2/c1-4-8(2)9-5-6-11(3)10-7-9/h5,7-8H,4,6H2,1-3H3. The number of nitrogens with zero attached hydrogens (tertiary/aromatic N) is 2.